The van der Waals surface area contributed by atoms with Crippen LogP contribution in [0.3, 0.4) is 0 Å². The Balaban J connectivity index is 4.13. The zero-order valence-electron chi connectivity index (χ0n) is 8.67. The lowest BCUT2D eigenvalue weighted by molar-refractivity contribution is 0.348. The van der Waals surface area contributed by atoms with Gasteiger partial charge in [0.05, 0.1) is 0 Å². The summed E-state index contributed by atoms with van der Waals surface area (Å²) in [4.78, 5) is 1.40. The van der Waals surface area contributed by atoms with Crippen LogP contribution in [0.2, 0.25) is 0 Å². The van der Waals surface area contributed by atoms with Gasteiger partial charge in [0, 0.05) is 10.2 Å². The van der Waals surface area contributed by atoms with Crippen LogP contribution in [0.1, 0.15) is 41.0 Å². The number of rotatable bonds is 3. The molecule has 0 nitrogen and oxygen atoms in total. The molecular formula is C10H19Br2. The normalized spacial score (nSPS) is 14.0. The zero-order chi connectivity index (χ0) is 9.99. The number of halogens is 2. The summed E-state index contributed by atoms with van der Waals surface area (Å²) in [6.45, 7) is 11.3. The van der Waals surface area contributed by atoms with Crippen LogP contribution in [-0.4, -0.2) is 5.33 Å². The summed E-state index contributed by atoms with van der Waals surface area (Å²) >= 11 is 7.21. The van der Waals surface area contributed by atoms with Crippen molar-refractivity contribution in [3.05, 3.63) is 4.83 Å². The first-order chi connectivity index (χ1) is 5.19. The van der Waals surface area contributed by atoms with Gasteiger partial charge in [0.1, 0.15) is 0 Å². The fraction of sp³-hybridized carbons (Fsp3) is 0.900. The van der Waals surface area contributed by atoms with Gasteiger partial charge < -0.3 is 0 Å². The molecule has 0 fully saturated rings. The van der Waals surface area contributed by atoms with Crippen LogP contribution in [0.15, 0.2) is 0 Å². The first-order valence-corrected chi connectivity index (χ1v) is 6.18. The molecule has 0 atom stereocenters. The molecule has 2 heteroatoms. The van der Waals surface area contributed by atoms with Crippen molar-refractivity contribution in [1.82, 2.24) is 0 Å². The third-order valence-electron chi connectivity index (χ3n) is 1.75. The first-order valence-electron chi connectivity index (χ1n) is 4.27. The van der Waals surface area contributed by atoms with E-state index in [1.165, 1.54) is 4.83 Å². The molecule has 73 valence electrons. The maximum absolute atomic E-state index is 3.68. The molecule has 0 aliphatic rings. The lowest BCUT2D eigenvalue weighted by Crippen LogP contribution is -2.23. The van der Waals surface area contributed by atoms with Gasteiger partial charge in [-0.25, -0.2) is 0 Å². The lowest BCUT2D eigenvalue weighted by Gasteiger charge is -2.32. The van der Waals surface area contributed by atoms with Gasteiger partial charge in [-0.1, -0.05) is 66.5 Å². The van der Waals surface area contributed by atoms with Crippen LogP contribution < -0.4 is 0 Å². The highest BCUT2D eigenvalue weighted by Crippen LogP contribution is 2.42. The minimum absolute atomic E-state index is 0.257. The number of alkyl halides is 1. The van der Waals surface area contributed by atoms with Crippen LogP contribution in [0.5, 0.6) is 0 Å². The molecule has 0 amide bonds. The average molecular weight is 299 g/mol. The van der Waals surface area contributed by atoms with Crippen LogP contribution in [0.25, 0.3) is 0 Å². The molecule has 0 aromatic carbocycles. The molecule has 0 aromatic heterocycles. The minimum Gasteiger partial charge on any atom is -0.0922 e. The monoisotopic (exact) mass is 297 g/mol. The van der Waals surface area contributed by atoms with E-state index in [-0.39, 0.29) is 5.41 Å². The van der Waals surface area contributed by atoms with E-state index in [0.29, 0.717) is 5.41 Å². The topological polar surface area (TPSA) is 0 Å². The molecule has 0 aliphatic heterocycles. The molecule has 0 rings (SSSR count). The van der Waals surface area contributed by atoms with Gasteiger partial charge >= 0.3 is 0 Å². The molecule has 0 saturated heterocycles. The Hall–Kier alpha value is 0.960. The van der Waals surface area contributed by atoms with Crippen molar-refractivity contribution in [2.24, 2.45) is 10.8 Å². The van der Waals surface area contributed by atoms with E-state index < -0.39 is 0 Å². The quantitative estimate of drug-likeness (QED) is 0.658. The van der Waals surface area contributed by atoms with Crippen molar-refractivity contribution in [3.8, 4) is 0 Å². The SMILES string of the molecule is CC(C)(C)C[C](Br)C(C)(C)CBr. The van der Waals surface area contributed by atoms with E-state index in [1.807, 2.05) is 0 Å². The predicted molar refractivity (Wildman–Crippen MR) is 63.8 cm³/mol. The Kier molecular flexibility index (Phi) is 4.81. The molecule has 0 saturated carbocycles. The van der Waals surface area contributed by atoms with Crippen LogP contribution in [0.4, 0.5) is 0 Å². The van der Waals surface area contributed by atoms with E-state index in [9.17, 15) is 0 Å². The third kappa shape index (κ3) is 4.86. The molecule has 0 aromatic rings. The van der Waals surface area contributed by atoms with E-state index in [2.05, 4.69) is 66.5 Å². The van der Waals surface area contributed by atoms with Crippen molar-refractivity contribution in [1.29, 1.82) is 0 Å². The summed E-state index contributed by atoms with van der Waals surface area (Å²) in [5, 5.41) is 1.01. The van der Waals surface area contributed by atoms with Crippen molar-refractivity contribution >= 4 is 31.9 Å². The summed E-state index contributed by atoms with van der Waals surface area (Å²) in [6.07, 6.45) is 1.13. The van der Waals surface area contributed by atoms with Gasteiger partial charge in [0.2, 0.25) is 0 Å². The lowest BCUT2D eigenvalue weighted by atomic mass is 9.81. The summed E-state index contributed by atoms with van der Waals surface area (Å²) in [7, 11) is 0. The van der Waals surface area contributed by atoms with Gasteiger partial charge in [0.15, 0.2) is 0 Å². The Labute approximate surface area is 93.8 Å². The van der Waals surface area contributed by atoms with E-state index in [1.54, 1.807) is 0 Å². The molecule has 0 aliphatic carbocycles. The second kappa shape index (κ2) is 4.45. The number of hydrogen-bond acceptors (Lipinski definition) is 0. The molecule has 0 spiro atoms. The molecule has 0 bridgehead atoms. The molecule has 0 unspecified atom stereocenters. The molecule has 1 radical (unpaired) electrons. The molecule has 0 heterocycles. The van der Waals surface area contributed by atoms with Gasteiger partial charge in [-0.3, -0.25) is 0 Å². The maximum atomic E-state index is 3.68. The second-order valence-electron chi connectivity index (χ2n) is 5.16. The number of hydrogen-bond donors (Lipinski definition) is 0. The Morgan fingerprint density at radius 3 is 1.75 bits per heavy atom. The van der Waals surface area contributed by atoms with Crippen LogP contribution in [0, 0.1) is 15.7 Å². The van der Waals surface area contributed by atoms with Crippen molar-refractivity contribution < 1.29 is 0 Å². The van der Waals surface area contributed by atoms with E-state index in [4.69, 9.17) is 0 Å². The largest absolute Gasteiger partial charge is 0.0922 e. The minimum atomic E-state index is 0.257. The van der Waals surface area contributed by atoms with Crippen LogP contribution >= 0.6 is 31.9 Å². The Morgan fingerprint density at radius 2 is 1.50 bits per heavy atom. The summed E-state index contributed by atoms with van der Waals surface area (Å²) in [6, 6.07) is 0. The molecular weight excluding hydrogens is 280 g/mol. The average Bonchev–Trinajstić information content (AvgIpc) is 1.84. The highest BCUT2D eigenvalue weighted by atomic mass is 79.9. The molecule has 0 N–H and O–H groups in total. The van der Waals surface area contributed by atoms with E-state index in [0.717, 1.165) is 11.8 Å². The van der Waals surface area contributed by atoms with Gasteiger partial charge in [-0.15, -0.1) is 0 Å². The Bertz CT molecular complexity index is 133. The summed E-state index contributed by atoms with van der Waals surface area (Å²) in [5.74, 6) is 0. The van der Waals surface area contributed by atoms with E-state index >= 15 is 0 Å². The second-order valence-corrected chi connectivity index (χ2v) is 6.68. The van der Waals surface area contributed by atoms with Crippen molar-refractivity contribution in [2.45, 2.75) is 41.0 Å². The van der Waals surface area contributed by atoms with Gasteiger partial charge in [-0.05, 0) is 17.3 Å². The highest BCUT2D eigenvalue weighted by Gasteiger charge is 2.30. The fourth-order valence-electron chi connectivity index (χ4n) is 0.777. The van der Waals surface area contributed by atoms with Gasteiger partial charge in [-0.2, -0.15) is 0 Å². The fourth-order valence-corrected chi connectivity index (χ4v) is 2.47. The smallest absolute Gasteiger partial charge is 0.0480 e. The maximum Gasteiger partial charge on any atom is 0.0480 e. The summed E-state index contributed by atoms with van der Waals surface area (Å²) < 4.78 is 0. The summed E-state index contributed by atoms with van der Waals surface area (Å²) in [5.41, 5.74) is 0.631. The van der Waals surface area contributed by atoms with Gasteiger partial charge in [0.25, 0.3) is 0 Å². The highest BCUT2D eigenvalue weighted by molar-refractivity contribution is 9.11. The van der Waals surface area contributed by atoms with Crippen molar-refractivity contribution in [3.63, 3.8) is 0 Å². The zero-order valence-corrected chi connectivity index (χ0v) is 11.8. The standard InChI is InChI=1S/C10H19Br2/c1-9(2,3)6-8(12)10(4,5)7-11/h6-7H2,1-5H3. The molecule has 12 heavy (non-hydrogen) atoms. The predicted octanol–water partition coefficient (Wildman–Crippen LogP) is 4.77. The van der Waals surface area contributed by atoms with Crippen molar-refractivity contribution in [2.75, 3.05) is 5.33 Å². The third-order valence-corrected chi connectivity index (χ3v) is 4.51. The Morgan fingerprint density at radius 1 is 1.08 bits per heavy atom. The van der Waals surface area contributed by atoms with Crippen LogP contribution in [-0.2, 0) is 0 Å². The first kappa shape index (κ1) is 13.0.